The normalized spacial score (nSPS) is 21.7. The summed E-state index contributed by atoms with van der Waals surface area (Å²) in [6, 6.07) is 4.01. The van der Waals surface area contributed by atoms with E-state index < -0.39 is 21.7 Å². The van der Waals surface area contributed by atoms with Crippen molar-refractivity contribution < 1.29 is 14.1 Å². The average molecular weight is 406 g/mol. The van der Waals surface area contributed by atoms with Crippen molar-refractivity contribution in [1.29, 1.82) is 0 Å². The number of rotatable bonds is 1. The summed E-state index contributed by atoms with van der Waals surface area (Å²) in [6.07, 6.45) is 3.86. The monoisotopic (exact) mass is 405 g/mol. The molecule has 7 heteroatoms. The van der Waals surface area contributed by atoms with Crippen molar-refractivity contribution in [3.8, 4) is 0 Å². The molecule has 1 aromatic rings. The molecule has 0 aromatic carbocycles. The average Bonchev–Trinajstić information content (AvgIpc) is 2.86. The van der Waals surface area contributed by atoms with Crippen molar-refractivity contribution >= 4 is 23.2 Å². The molecule has 28 heavy (non-hydrogen) atoms. The van der Waals surface area contributed by atoms with Crippen LogP contribution in [0.3, 0.4) is 0 Å². The van der Waals surface area contributed by atoms with Crippen LogP contribution in [-0.2, 0) is 22.5 Å². The number of likely N-dealkylation sites (tertiary alicyclic amines) is 1. The highest BCUT2D eigenvalue weighted by atomic mass is 32.2. The molecule has 154 valence electrons. The number of amides is 1. The van der Waals surface area contributed by atoms with E-state index in [9.17, 15) is 9.35 Å². The topological polar surface area (TPSA) is 77.8 Å². The van der Waals surface area contributed by atoms with Gasteiger partial charge < -0.3 is 14.2 Å². The molecule has 0 radical (unpaired) electrons. The fraction of sp³-hybridized carbons (Fsp3) is 0.667. The summed E-state index contributed by atoms with van der Waals surface area (Å²) in [4.78, 5) is 18.8. The number of carbonyl (C=O) groups excluding carboxylic acids is 1. The molecule has 1 aliphatic carbocycles. The number of pyridine rings is 1. The number of aromatic nitrogens is 1. The summed E-state index contributed by atoms with van der Waals surface area (Å²) in [5.41, 5.74) is 2.15. The SMILES string of the molecule is CC(C)(C)OC(=O)N1CCC2(CC1)Cc1cccnc1/C2=N\[S+]([O-])C(C)(C)C. The van der Waals surface area contributed by atoms with Crippen LogP contribution in [0.2, 0.25) is 0 Å². The van der Waals surface area contributed by atoms with Gasteiger partial charge in [0.2, 0.25) is 0 Å². The molecule has 6 nitrogen and oxygen atoms in total. The molecule has 2 heterocycles. The van der Waals surface area contributed by atoms with Gasteiger partial charge in [-0.1, -0.05) is 10.5 Å². The van der Waals surface area contributed by atoms with E-state index in [-0.39, 0.29) is 11.5 Å². The van der Waals surface area contributed by atoms with E-state index in [1.807, 2.05) is 47.6 Å². The van der Waals surface area contributed by atoms with E-state index in [1.165, 1.54) is 0 Å². The molecular weight excluding hydrogens is 374 g/mol. The third-order valence-corrected chi connectivity index (χ3v) is 6.61. The van der Waals surface area contributed by atoms with Gasteiger partial charge in [-0.15, -0.1) is 0 Å². The zero-order valence-electron chi connectivity index (χ0n) is 17.7. The standard InChI is InChI=1S/C21H31N3O3S/c1-19(2,3)27-18(25)24-12-9-21(10-13-24)14-15-8-7-11-22-16(15)17(21)23-28(26)20(4,5)6/h7-8,11H,9-10,12-14H2,1-6H3/b23-17+. The third kappa shape index (κ3) is 4.35. The van der Waals surface area contributed by atoms with Gasteiger partial charge >= 0.3 is 6.09 Å². The molecule has 0 N–H and O–H groups in total. The van der Waals surface area contributed by atoms with Gasteiger partial charge in [-0.25, -0.2) is 4.79 Å². The Labute approximate surface area is 171 Å². The van der Waals surface area contributed by atoms with Gasteiger partial charge in [0.15, 0.2) is 0 Å². The summed E-state index contributed by atoms with van der Waals surface area (Å²) >= 11 is -1.35. The van der Waals surface area contributed by atoms with Crippen LogP contribution in [-0.4, -0.2) is 49.7 Å². The van der Waals surface area contributed by atoms with Gasteiger partial charge in [0.25, 0.3) is 0 Å². The predicted octanol–water partition coefficient (Wildman–Crippen LogP) is 3.91. The maximum atomic E-state index is 12.8. The van der Waals surface area contributed by atoms with Gasteiger partial charge in [-0.05, 0) is 72.4 Å². The number of carbonyl (C=O) groups is 1. The Morgan fingerprint density at radius 1 is 1.25 bits per heavy atom. The van der Waals surface area contributed by atoms with Crippen molar-refractivity contribution in [2.75, 3.05) is 13.1 Å². The van der Waals surface area contributed by atoms with Crippen LogP contribution >= 0.6 is 0 Å². The first-order valence-electron chi connectivity index (χ1n) is 9.85. The van der Waals surface area contributed by atoms with E-state index in [2.05, 4.69) is 15.4 Å². The lowest BCUT2D eigenvalue weighted by atomic mass is 9.75. The number of hydrogen-bond acceptors (Lipinski definition) is 5. The minimum absolute atomic E-state index is 0.212. The van der Waals surface area contributed by atoms with Crippen molar-refractivity contribution in [3.05, 3.63) is 29.6 Å². The van der Waals surface area contributed by atoms with E-state index in [4.69, 9.17) is 4.74 Å². The van der Waals surface area contributed by atoms with E-state index in [0.717, 1.165) is 36.2 Å². The molecule has 0 saturated carbocycles. The van der Waals surface area contributed by atoms with Crippen LogP contribution in [0.15, 0.2) is 22.7 Å². The Hall–Kier alpha value is -1.60. The van der Waals surface area contributed by atoms with Crippen molar-refractivity contribution in [2.24, 2.45) is 9.81 Å². The minimum Gasteiger partial charge on any atom is -0.591 e. The van der Waals surface area contributed by atoms with Crippen molar-refractivity contribution in [2.45, 2.75) is 71.2 Å². The van der Waals surface area contributed by atoms with Gasteiger partial charge in [-0.3, -0.25) is 4.98 Å². The number of fused-ring (bicyclic) bond motifs is 1. The maximum absolute atomic E-state index is 12.8. The molecular formula is C21H31N3O3S. The predicted molar refractivity (Wildman–Crippen MR) is 112 cm³/mol. The summed E-state index contributed by atoms with van der Waals surface area (Å²) in [5, 5.41) is 0. The maximum Gasteiger partial charge on any atom is 0.410 e. The first kappa shape index (κ1) is 21.1. The molecule has 1 aliphatic heterocycles. The van der Waals surface area contributed by atoms with Gasteiger partial charge in [0, 0.05) is 24.7 Å². The van der Waals surface area contributed by atoms with Gasteiger partial charge in [0.05, 0.1) is 5.69 Å². The Bertz CT molecular complexity index is 772. The van der Waals surface area contributed by atoms with Crippen LogP contribution in [0.1, 0.15) is 65.6 Å². The Balaban J connectivity index is 1.85. The third-order valence-electron chi connectivity index (χ3n) is 5.22. The molecule has 1 fully saturated rings. The summed E-state index contributed by atoms with van der Waals surface area (Å²) in [7, 11) is 0. The van der Waals surface area contributed by atoms with E-state index in [0.29, 0.717) is 13.1 Å². The molecule has 1 spiro atoms. The lowest BCUT2D eigenvalue weighted by Crippen LogP contribution is -2.47. The number of piperidine rings is 1. The zero-order valence-corrected chi connectivity index (χ0v) is 18.6. The fourth-order valence-electron chi connectivity index (χ4n) is 3.71. The Morgan fingerprint density at radius 2 is 1.89 bits per heavy atom. The highest BCUT2D eigenvalue weighted by Gasteiger charge is 2.49. The van der Waals surface area contributed by atoms with Crippen molar-refractivity contribution in [1.82, 2.24) is 9.88 Å². The van der Waals surface area contributed by atoms with Crippen LogP contribution in [0.25, 0.3) is 0 Å². The summed E-state index contributed by atoms with van der Waals surface area (Å²) in [6.45, 7) is 12.6. The minimum atomic E-state index is -1.35. The highest BCUT2D eigenvalue weighted by Crippen LogP contribution is 2.45. The fourth-order valence-corrected chi connectivity index (χ4v) is 4.43. The highest BCUT2D eigenvalue weighted by molar-refractivity contribution is 7.91. The zero-order chi connectivity index (χ0) is 20.7. The number of ether oxygens (including phenoxy) is 1. The van der Waals surface area contributed by atoms with Crippen molar-refractivity contribution in [3.63, 3.8) is 0 Å². The summed E-state index contributed by atoms with van der Waals surface area (Å²) in [5.74, 6) is 0. The molecule has 1 atom stereocenters. The van der Waals surface area contributed by atoms with E-state index in [1.54, 1.807) is 11.1 Å². The van der Waals surface area contributed by atoms with Gasteiger partial charge in [0.1, 0.15) is 27.4 Å². The second-order valence-corrected chi connectivity index (χ2v) is 11.6. The Morgan fingerprint density at radius 3 is 2.46 bits per heavy atom. The number of nitrogens with zero attached hydrogens (tertiary/aromatic N) is 3. The lowest BCUT2D eigenvalue weighted by Gasteiger charge is -2.39. The first-order chi connectivity index (χ1) is 12.9. The van der Waals surface area contributed by atoms with Crippen LogP contribution in [0.4, 0.5) is 4.79 Å². The first-order valence-corrected chi connectivity index (χ1v) is 11.0. The molecule has 1 saturated heterocycles. The summed E-state index contributed by atoms with van der Waals surface area (Å²) < 4.78 is 22.6. The second-order valence-electron chi connectivity index (χ2n) is 9.74. The van der Waals surface area contributed by atoms with Gasteiger partial charge in [-0.2, -0.15) is 0 Å². The molecule has 1 aromatic heterocycles. The smallest absolute Gasteiger partial charge is 0.410 e. The lowest BCUT2D eigenvalue weighted by molar-refractivity contribution is 0.0159. The van der Waals surface area contributed by atoms with Crippen LogP contribution < -0.4 is 0 Å². The second kappa shape index (κ2) is 7.34. The quantitative estimate of drug-likeness (QED) is 0.664. The van der Waals surface area contributed by atoms with Crippen LogP contribution in [0.5, 0.6) is 0 Å². The van der Waals surface area contributed by atoms with Crippen LogP contribution in [0, 0.1) is 5.41 Å². The molecule has 1 unspecified atom stereocenters. The molecule has 2 aliphatic rings. The molecule has 3 rings (SSSR count). The Kier molecular flexibility index (Phi) is 5.53. The van der Waals surface area contributed by atoms with E-state index >= 15 is 0 Å². The molecule has 0 bridgehead atoms. The number of hydrogen-bond donors (Lipinski definition) is 0. The largest absolute Gasteiger partial charge is 0.591 e. The molecule has 1 amide bonds.